The first-order valence-electron chi connectivity index (χ1n) is 12.3. The number of ether oxygens (including phenoxy) is 3. The number of amides is 3. The summed E-state index contributed by atoms with van der Waals surface area (Å²) in [5.74, 6) is -0.0820. The van der Waals surface area contributed by atoms with Gasteiger partial charge in [0.15, 0.2) is 0 Å². The number of likely N-dealkylation sites (tertiary alicyclic amines) is 1. The summed E-state index contributed by atoms with van der Waals surface area (Å²) < 4.78 is 16.9. The van der Waals surface area contributed by atoms with Gasteiger partial charge in [-0.3, -0.25) is 9.59 Å². The predicted octanol–water partition coefficient (Wildman–Crippen LogP) is 3.34. The summed E-state index contributed by atoms with van der Waals surface area (Å²) in [5.41, 5.74) is 5.48. The highest BCUT2D eigenvalue weighted by Crippen LogP contribution is 2.31. The van der Waals surface area contributed by atoms with E-state index < -0.39 is 41.7 Å². The van der Waals surface area contributed by atoms with E-state index in [-0.39, 0.29) is 13.0 Å². The first-order valence-corrected chi connectivity index (χ1v) is 12.3. The van der Waals surface area contributed by atoms with E-state index in [4.69, 9.17) is 19.9 Å². The maximum absolute atomic E-state index is 13.8. The average Bonchev–Trinajstić information content (AvgIpc) is 3.30. The minimum absolute atomic E-state index is 0.0833. The van der Waals surface area contributed by atoms with E-state index in [0.29, 0.717) is 17.2 Å². The zero-order valence-electron chi connectivity index (χ0n) is 21.8. The highest BCUT2D eigenvalue weighted by atomic mass is 16.6. The first kappa shape index (κ1) is 26.7. The number of aromatic nitrogens is 1. The molecule has 2 aromatic carbocycles. The first-order chi connectivity index (χ1) is 18.1. The van der Waals surface area contributed by atoms with Crippen molar-refractivity contribution in [3.8, 4) is 11.6 Å². The van der Waals surface area contributed by atoms with Crippen LogP contribution in [0.25, 0.3) is 10.8 Å². The van der Waals surface area contributed by atoms with E-state index in [1.54, 1.807) is 70.5 Å². The van der Waals surface area contributed by atoms with Gasteiger partial charge in [0.1, 0.15) is 29.5 Å². The third kappa shape index (κ3) is 6.13. The number of hydrogen-bond donors (Lipinski definition) is 2. The van der Waals surface area contributed by atoms with Crippen molar-refractivity contribution in [2.75, 3.05) is 13.7 Å². The predicted molar refractivity (Wildman–Crippen MR) is 141 cm³/mol. The molecule has 200 valence electrons. The third-order valence-corrected chi connectivity index (χ3v) is 6.13. The number of nitrogens with zero attached hydrogens (tertiary/aromatic N) is 2. The van der Waals surface area contributed by atoms with Crippen LogP contribution in [0.3, 0.4) is 0 Å². The van der Waals surface area contributed by atoms with E-state index in [1.807, 2.05) is 18.2 Å². The summed E-state index contributed by atoms with van der Waals surface area (Å²) in [7, 11) is 1.59. The number of fused-ring (bicyclic) bond motifs is 1. The summed E-state index contributed by atoms with van der Waals surface area (Å²) in [4.78, 5) is 44.5. The van der Waals surface area contributed by atoms with Crippen LogP contribution in [0.1, 0.15) is 38.8 Å². The normalized spacial score (nSPS) is 18.1. The van der Waals surface area contributed by atoms with Crippen LogP contribution in [0, 0.1) is 0 Å². The summed E-state index contributed by atoms with van der Waals surface area (Å²) in [6.45, 7) is 5.28. The van der Waals surface area contributed by atoms with Gasteiger partial charge in [0.2, 0.25) is 11.8 Å². The van der Waals surface area contributed by atoms with Crippen LogP contribution in [0.2, 0.25) is 0 Å². The SMILES string of the molecule is COc1ccc2c(O[C@@H]3C[C@@H](C(N)=O)N(C(=O)[C@@H](NC(=O)OC(C)(C)C)c4ccccc4)C3)nccc2c1. The molecule has 1 aromatic heterocycles. The van der Waals surface area contributed by atoms with Gasteiger partial charge in [0, 0.05) is 18.0 Å². The lowest BCUT2D eigenvalue weighted by Crippen LogP contribution is -2.49. The fraction of sp³-hybridized carbons (Fsp3) is 0.357. The van der Waals surface area contributed by atoms with Gasteiger partial charge in [-0.15, -0.1) is 0 Å². The Balaban J connectivity index is 1.58. The Morgan fingerprint density at radius 1 is 1.11 bits per heavy atom. The van der Waals surface area contributed by atoms with Crippen LogP contribution >= 0.6 is 0 Å². The van der Waals surface area contributed by atoms with E-state index in [1.165, 1.54) is 4.90 Å². The Morgan fingerprint density at radius 3 is 2.50 bits per heavy atom. The number of carbonyl (C=O) groups excluding carboxylic acids is 3. The van der Waals surface area contributed by atoms with Gasteiger partial charge in [-0.2, -0.15) is 0 Å². The molecule has 0 aliphatic carbocycles. The molecule has 0 saturated carbocycles. The second-order valence-corrected chi connectivity index (χ2v) is 10.1. The molecular formula is C28H32N4O6. The molecule has 3 N–H and O–H groups in total. The molecule has 1 fully saturated rings. The standard InChI is InChI=1S/C28H32N4O6/c1-28(2,3)38-27(35)31-23(17-8-6-5-7-9-17)26(34)32-16-20(15-22(32)24(29)33)37-25-21-11-10-19(36-4)14-18(21)12-13-30-25/h5-14,20,22-23H,15-16H2,1-4H3,(H2,29,33)(H,31,35)/t20-,22+,23+/m1/s1. The Morgan fingerprint density at radius 2 is 1.84 bits per heavy atom. The number of nitrogens with one attached hydrogen (secondary N) is 1. The van der Waals surface area contributed by atoms with Crippen LogP contribution in [-0.4, -0.2) is 59.2 Å². The van der Waals surface area contributed by atoms with Crippen molar-refractivity contribution in [2.24, 2.45) is 5.73 Å². The zero-order chi connectivity index (χ0) is 27.4. The van der Waals surface area contributed by atoms with Crippen molar-refractivity contribution in [3.05, 3.63) is 66.4 Å². The lowest BCUT2D eigenvalue weighted by atomic mass is 10.0. The van der Waals surface area contributed by atoms with E-state index in [0.717, 1.165) is 10.8 Å². The largest absolute Gasteiger partial charge is 0.497 e. The van der Waals surface area contributed by atoms with Crippen LogP contribution < -0.4 is 20.5 Å². The highest BCUT2D eigenvalue weighted by Gasteiger charge is 2.43. The molecule has 0 bridgehead atoms. The quantitative estimate of drug-likeness (QED) is 0.488. The summed E-state index contributed by atoms with van der Waals surface area (Å²) in [6, 6.07) is 14.1. The molecule has 0 unspecified atom stereocenters. The second kappa shape index (κ2) is 11.0. The molecule has 3 aromatic rings. The minimum atomic E-state index is -1.09. The van der Waals surface area contributed by atoms with E-state index >= 15 is 0 Å². The molecule has 1 aliphatic rings. The maximum Gasteiger partial charge on any atom is 0.408 e. The van der Waals surface area contributed by atoms with Crippen molar-refractivity contribution in [1.29, 1.82) is 0 Å². The van der Waals surface area contributed by atoms with Crippen molar-refractivity contribution in [2.45, 2.75) is 51.0 Å². The van der Waals surface area contributed by atoms with Crippen LogP contribution in [0.5, 0.6) is 11.6 Å². The molecule has 38 heavy (non-hydrogen) atoms. The molecule has 3 amide bonds. The molecular weight excluding hydrogens is 488 g/mol. The molecule has 1 saturated heterocycles. The van der Waals surface area contributed by atoms with Gasteiger partial charge >= 0.3 is 6.09 Å². The summed E-state index contributed by atoms with van der Waals surface area (Å²) in [5, 5.41) is 4.29. The Labute approximate surface area is 221 Å². The van der Waals surface area contributed by atoms with Crippen molar-refractivity contribution >= 4 is 28.7 Å². The topological polar surface area (TPSA) is 133 Å². The Hall–Kier alpha value is -4.34. The molecule has 1 aliphatic heterocycles. The number of rotatable bonds is 7. The summed E-state index contributed by atoms with van der Waals surface area (Å²) >= 11 is 0. The Kier molecular flexibility index (Phi) is 7.70. The molecule has 4 rings (SSSR count). The molecule has 2 heterocycles. The van der Waals surface area contributed by atoms with E-state index in [2.05, 4.69) is 10.3 Å². The number of hydrogen-bond acceptors (Lipinski definition) is 7. The Bertz CT molecular complexity index is 1320. The number of methoxy groups -OCH3 is 1. The fourth-order valence-corrected chi connectivity index (χ4v) is 4.43. The van der Waals surface area contributed by atoms with Gasteiger partial charge in [-0.25, -0.2) is 9.78 Å². The lowest BCUT2D eigenvalue weighted by molar-refractivity contribution is -0.139. The fourth-order valence-electron chi connectivity index (χ4n) is 4.43. The number of primary amides is 1. The van der Waals surface area contributed by atoms with Gasteiger partial charge in [0.25, 0.3) is 5.91 Å². The van der Waals surface area contributed by atoms with Crippen molar-refractivity contribution < 1.29 is 28.6 Å². The third-order valence-electron chi connectivity index (χ3n) is 6.13. The van der Waals surface area contributed by atoms with Gasteiger partial charge in [-0.1, -0.05) is 30.3 Å². The van der Waals surface area contributed by atoms with Gasteiger partial charge in [0.05, 0.1) is 13.7 Å². The monoisotopic (exact) mass is 520 g/mol. The van der Waals surface area contributed by atoms with Crippen LogP contribution in [0.4, 0.5) is 4.79 Å². The number of benzene rings is 2. The molecule has 10 heteroatoms. The number of carbonyl (C=O) groups is 3. The highest BCUT2D eigenvalue weighted by molar-refractivity contribution is 5.92. The molecule has 0 spiro atoms. The lowest BCUT2D eigenvalue weighted by Gasteiger charge is -2.29. The van der Waals surface area contributed by atoms with Crippen molar-refractivity contribution in [3.63, 3.8) is 0 Å². The molecule has 3 atom stereocenters. The second-order valence-electron chi connectivity index (χ2n) is 10.1. The van der Waals surface area contributed by atoms with Gasteiger partial charge in [-0.05, 0) is 56.0 Å². The minimum Gasteiger partial charge on any atom is -0.497 e. The number of pyridine rings is 1. The average molecular weight is 521 g/mol. The van der Waals surface area contributed by atoms with Crippen LogP contribution in [0.15, 0.2) is 60.8 Å². The summed E-state index contributed by atoms with van der Waals surface area (Å²) in [6.07, 6.45) is 0.507. The smallest absolute Gasteiger partial charge is 0.408 e. The van der Waals surface area contributed by atoms with Crippen LogP contribution in [-0.2, 0) is 14.3 Å². The number of alkyl carbamates (subject to hydrolysis) is 1. The zero-order valence-corrected chi connectivity index (χ0v) is 21.8. The maximum atomic E-state index is 13.8. The molecule has 10 nitrogen and oxygen atoms in total. The molecule has 0 radical (unpaired) electrons. The van der Waals surface area contributed by atoms with Gasteiger partial charge < -0.3 is 30.2 Å². The number of nitrogens with two attached hydrogens (primary N) is 1. The van der Waals surface area contributed by atoms with E-state index in [9.17, 15) is 14.4 Å². The van der Waals surface area contributed by atoms with Crippen molar-refractivity contribution in [1.82, 2.24) is 15.2 Å².